The van der Waals surface area contributed by atoms with Gasteiger partial charge in [0.2, 0.25) is 0 Å². The smallest absolute Gasteiger partial charge is 0.252 e. The molecule has 7 nitrogen and oxygen atoms in total. The van der Waals surface area contributed by atoms with Crippen LogP contribution in [0.4, 0.5) is 0 Å². The summed E-state index contributed by atoms with van der Waals surface area (Å²) >= 11 is 0. The Morgan fingerprint density at radius 1 is 1.03 bits per heavy atom. The molecule has 7 heteroatoms. The van der Waals surface area contributed by atoms with Gasteiger partial charge >= 0.3 is 0 Å². The Morgan fingerprint density at radius 3 is 2.50 bits per heavy atom. The van der Waals surface area contributed by atoms with Crippen molar-refractivity contribution in [1.29, 1.82) is 0 Å². The number of fused-ring (bicyclic) bond motifs is 1. The average Bonchev–Trinajstić information content (AvgIpc) is 3.35. The fraction of sp³-hybridized carbons (Fsp3) is 0.448. The summed E-state index contributed by atoms with van der Waals surface area (Å²) in [6.07, 6.45) is 2.62. The molecule has 0 amide bonds. The van der Waals surface area contributed by atoms with Crippen molar-refractivity contribution in [2.75, 3.05) is 6.54 Å². The molecule has 2 heterocycles. The summed E-state index contributed by atoms with van der Waals surface area (Å²) in [6.45, 7) is 14.1. The highest BCUT2D eigenvalue weighted by atomic mass is 16.1. The second-order valence-corrected chi connectivity index (χ2v) is 10.3. The van der Waals surface area contributed by atoms with Gasteiger partial charge in [-0.05, 0) is 85.5 Å². The Morgan fingerprint density at radius 2 is 1.78 bits per heavy atom. The molecule has 0 fully saturated rings. The van der Waals surface area contributed by atoms with Crippen molar-refractivity contribution in [3.63, 3.8) is 0 Å². The third-order valence-corrected chi connectivity index (χ3v) is 7.53. The van der Waals surface area contributed by atoms with Crippen LogP contribution in [0.3, 0.4) is 0 Å². The van der Waals surface area contributed by atoms with Crippen LogP contribution >= 0.6 is 0 Å². The first-order valence-corrected chi connectivity index (χ1v) is 12.9. The van der Waals surface area contributed by atoms with Gasteiger partial charge in [0.1, 0.15) is 0 Å². The van der Waals surface area contributed by atoms with E-state index in [-0.39, 0.29) is 17.1 Å². The number of benzene rings is 2. The quantitative estimate of drug-likeness (QED) is 0.321. The SMILES string of the molecule is CC[C@H](c1nnnn1C(C)(C)CC)N(CCc1ccccc1C)Cc1cc2cccc(C)c2[nH]c1=O. The largest absolute Gasteiger partial charge is 0.321 e. The van der Waals surface area contributed by atoms with Gasteiger partial charge in [0.25, 0.3) is 5.56 Å². The van der Waals surface area contributed by atoms with Gasteiger partial charge < -0.3 is 4.98 Å². The lowest BCUT2D eigenvalue weighted by molar-refractivity contribution is 0.160. The lowest BCUT2D eigenvalue weighted by Gasteiger charge is -2.33. The molecule has 0 aliphatic carbocycles. The first-order chi connectivity index (χ1) is 17.2. The molecule has 36 heavy (non-hydrogen) atoms. The van der Waals surface area contributed by atoms with Crippen LogP contribution in [0.5, 0.6) is 0 Å². The van der Waals surface area contributed by atoms with Crippen molar-refractivity contribution >= 4 is 10.9 Å². The lowest BCUT2D eigenvalue weighted by atomic mass is 10.0. The minimum atomic E-state index is -0.202. The maximum atomic E-state index is 13.2. The van der Waals surface area contributed by atoms with Crippen LogP contribution in [0.1, 0.15) is 74.7 Å². The standard InChI is InChI=1S/C29H38N6O/c1-7-25(27-31-32-33-35(27)29(5,6)8-2)34(17-16-22-14-10-9-12-20(22)3)19-24-18-23-15-11-13-21(4)26(23)30-28(24)36/h9-15,18,25H,7-8,16-17,19H2,1-6H3,(H,30,36)/t25-/m1/s1. The predicted molar refractivity (Wildman–Crippen MR) is 145 cm³/mol. The summed E-state index contributed by atoms with van der Waals surface area (Å²) in [5.74, 6) is 0.849. The number of H-pyrrole nitrogens is 1. The number of aromatic nitrogens is 5. The maximum absolute atomic E-state index is 13.2. The molecule has 0 bridgehead atoms. The van der Waals surface area contributed by atoms with E-state index in [1.165, 1.54) is 11.1 Å². The zero-order chi connectivity index (χ0) is 25.9. The number of pyridine rings is 1. The molecule has 190 valence electrons. The fourth-order valence-electron chi connectivity index (χ4n) is 4.85. The van der Waals surface area contributed by atoms with Gasteiger partial charge in [-0.3, -0.25) is 9.69 Å². The first-order valence-electron chi connectivity index (χ1n) is 12.9. The minimum absolute atomic E-state index is 0.0255. The van der Waals surface area contributed by atoms with Gasteiger partial charge in [0.05, 0.1) is 17.1 Å². The number of nitrogens with one attached hydrogen (secondary N) is 1. The van der Waals surface area contributed by atoms with E-state index >= 15 is 0 Å². The number of hydrogen-bond acceptors (Lipinski definition) is 5. The van der Waals surface area contributed by atoms with Gasteiger partial charge in [-0.1, -0.05) is 56.3 Å². The van der Waals surface area contributed by atoms with Crippen LogP contribution < -0.4 is 5.56 Å². The van der Waals surface area contributed by atoms with E-state index in [1.807, 2.05) is 29.8 Å². The molecule has 2 aromatic heterocycles. The number of aryl methyl sites for hydroxylation is 2. The Balaban J connectivity index is 1.74. The van der Waals surface area contributed by atoms with Crippen LogP contribution in [0, 0.1) is 13.8 Å². The zero-order valence-electron chi connectivity index (χ0n) is 22.4. The van der Waals surface area contributed by atoms with E-state index in [9.17, 15) is 4.79 Å². The second-order valence-electron chi connectivity index (χ2n) is 10.3. The third kappa shape index (κ3) is 5.26. The molecule has 1 atom stereocenters. The van der Waals surface area contributed by atoms with Crippen molar-refractivity contribution in [3.05, 3.63) is 87.0 Å². The highest BCUT2D eigenvalue weighted by Gasteiger charge is 2.31. The van der Waals surface area contributed by atoms with Gasteiger partial charge in [-0.25, -0.2) is 4.68 Å². The molecular formula is C29H38N6O. The minimum Gasteiger partial charge on any atom is -0.321 e. The molecule has 0 radical (unpaired) electrons. The van der Waals surface area contributed by atoms with E-state index in [4.69, 9.17) is 0 Å². The van der Waals surface area contributed by atoms with Crippen molar-refractivity contribution in [1.82, 2.24) is 30.1 Å². The number of hydrogen-bond donors (Lipinski definition) is 1. The summed E-state index contributed by atoms with van der Waals surface area (Å²) in [7, 11) is 0. The summed E-state index contributed by atoms with van der Waals surface area (Å²) in [4.78, 5) is 18.7. The van der Waals surface area contributed by atoms with E-state index in [0.717, 1.165) is 53.7 Å². The number of aromatic amines is 1. The molecule has 0 spiro atoms. The van der Waals surface area contributed by atoms with Crippen molar-refractivity contribution in [2.24, 2.45) is 0 Å². The molecule has 0 unspecified atom stereocenters. The van der Waals surface area contributed by atoms with Crippen LogP contribution in [-0.4, -0.2) is 36.6 Å². The van der Waals surface area contributed by atoms with E-state index in [2.05, 4.69) is 90.4 Å². The number of rotatable bonds is 10. The van der Waals surface area contributed by atoms with Crippen molar-refractivity contribution in [2.45, 2.75) is 78.9 Å². The van der Waals surface area contributed by atoms with Crippen LogP contribution in [-0.2, 0) is 18.5 Å². The Hall–Kier alpha value is -3.32. The third-order valence-electron chi connectivity index (χ3n) is 7.53. The summed E-state index contributed by atoms with van der Waals surface area (Å²) in [5.41, 5.74) is 5.08. The predicted octanol–water partition coefficient (Wildman–Crippen LogP) is 5.47. The second kappa shape index (κ2) is 10.7. The van der Waals surface area contributed by atoms with E-state index in [1.54, 1.807) is 0 Å². The van der Waals surface area contributed by atoms with E-state index in [0.29, 0.717) is 6.54 Å². The molecule has 4 aromatic rings. The van der Waals surface area contributed by atoms with Crippen LogP contribution in [0.2, 0.25) is 0 Å². The summed E-state index contributed by atoms with van der Waals surface area (Å²) in [6, 6.07) is 16.6. The molecule has 0 saturated heterocycles. The van der Waals surface area contributed by atoms with Gasteiger partial charge in [0.15, 0.2) is 5.82 Å². The molecule has 0 aliphatic heterocycles. The Kier molecular flexibility index (Phi) is 7.69. The molecular weight excluding hydrogens is 448 g/mol. The van der Waals surface area contributed by atoms with Gasteiger partial charge in [-0.2, -0.15) is 0 Å². The Bertz CT molecular complexity index is 1390. The van der Waals surface area contributed by atoms with E-state index < -0.39 is 0 Å². The van der Waals surface area contributed by atoms with Crippen molar-refractivity contribution in [3.8, 4) is 0 Å². The monoisotopic (exact) mass is 486 g/mol. The highest BCUT2D eigenvalue weighted by Crippen LogP contribution is 2.29. The molecule has 0 aliphatic rings. The van der Waals surface area contributed by atoms with Gasteiger partial charge in [-0.15, -0.1) is 5.10 Å². The molecule has 0 saturated carbocycles. The number of tetrazole rings is 1. The van der Waals surface area contributed by atoms with Crippen molar-refractivity contribution < 1.29 is 0 Å². The lowest BCUT2D eigenvalue weighted by Crippen LogP contribution is -2.37. The highest BCUT2D eigenvalue weighted by molar-refractivity contribution is 5.81. The Labute approximate surface area is 213 Å². The number of nitrogens with zero attached hydrogens (tertiary/aromatic N) is 5. The summed E-state index contributed by atoms with van der Waals surface area (Å²) in [5, 5.41) is 14.0. The normalized spacial score (nSPS) is 13.0. The van der Waals surface area contributed by atoms with Crippen LogP contribution in [0.25, 0.3) is 10.9 Å². The average molecular weight is 487 g/mol. The van der Waals surface area contributed by atoms with Crippen LogP contribution in [0.15, 0.2) is 53.3 Å². The first kappa shape index (κ1) is 25.8. The maximum Gasteiger partial charge on any atom is 0.252 e. The fourth-order valence-corrected chi connectivity index (χ4v) is 4.85. The molecule has 1 N–H and O–H groups in total. The molecule has 4 rings (SSSR count). The topological polar surface area (TPSA) is 79.7 Å². The van der Waals surface area contributed by atoms with Gasteiger partial charge in [0, 0.05) is 18.7 Å². The zero-order valence-corrected chi connectivity index (χ0v) is 22.4. The molecule has 2 aromatic carbocycles. The number of para-hydroxylation sites is 1. The summed E-state index contributed by atoms with van der Waals surface area (Å²) < 4.78 is 1.97.